The molecule has 2 heterocycles. The molecule has 3 rings (SSSR count). The first-order valence-corrected chi connectivity index (χ1v) is 8.70. The standard InChI is InChI=1S/C17H18Cl2N4O2/c1-10(2)23-4-3-14(21-23)9-22-16(24)15(20-17(22)25)7-11-5-12(18)8-13(19)6-11/h3-6,8,10,15H,7,9H2,1-2H3,(H,20,25)/t15-/m0/s1. The van der Waals surface area contributed by atoms with Crippen LogP contribution in [0.25, 0.3) is 0 Å². The van der Waals surface area contributed by atoms with Gasteiger partial charge in [0.05, 0.1) is 12.2 Å². The van der Waals surface area contributed by atoms with Crippen LogP contribution in [-0.2, 0) is 17.8 Å². The minimum absolute atomic E-state index is 0.150. The topological polar surface area (TPSA) is 67.2 Å². The maximum atomic E-state index is 12.6. The van der Waals surface area contributed by atoms with Crippen molar-refractivity contribution in [1.29, 1.82) is 0 Å². The Morgan fingerprint density at radius 3 is 2.48 bits per heavy atom. The van der Waals surface area contributed by atoms with Gasteiger partial charge in [-0.2, -0.15) is 5.10 Å². The molecule has 1 atom stereocenters. The molecule has 1 aromatic heterocycles. The minimum atomic E-state index is -0.630. The predicted molar refractivity (Wildman–Crippen MR) is 95.6 cm³/mol. The van der Waals surface area contributed by atoms with Crippen molar-refractivity contribution in [3.05, 3.63) is 51.8 Å². The molecule has 25 heavy (non-hydrogen) atoms. The minimum Gasteiger partial charge on any atom is -0.325 e. The molecule has 1 fully saturated rings. The molecule has 1 N–H and O–H groups in total. The number of aromatic nitrogens is 2. The van der Waals surface area contributed by atoms with Crippen LogP contribution < -0.4 is 5.32 Å². The normalized spacial score (nSPS) is 17.5. The molecule has 2 aromatic rings. The zero-order chi connectivity index (χ0) is 18.1. The van der Waals surface area contributed by atoms with Crippen LogP contribution in [0.1, 0.15) is 31.1 Å². The fourth-order valence-corrected chi connectivity index (χ4v) is 3.31. The molecule has 1 aliphatic heterocycles. The van der Waals surface area contributed by atoms with Crippen LogP contribution in [0.15, 0.2) is 30.5 Å². The van der Waals surface area contributed by atoms with Crippen molar-refractivity contribution in [3.8, 4) is 0 Å². The van der Waals surface area contributed by atoms with Crippen LogP contribution in [0.4, 0.5) is 4.79 Å². The first-order valence-electron chi connectivity index (χ1n) is 7.94. The van der Waals surface area contributed by atoms with Gasteiger partial charge in [0.25, 0.3) is 5.91 Å². The molecule has 0 aliphatic carbocycles. The van der Waals surface area contributed by atoms with Gasteiger partial charge in [0, 0.05) is 28.7 Å². The van der Waals surface area contributed by atoms with Crippen molar-refractivity contribution in [2.75, 3.05) is 0 Å². The Hall–Kier alpha value is -2.05. The lowest BCUT2D eigenvalue weighted by Crippen LogP contribution is -2.32. The molecule has 1 aromatic carbocycles. The average molecular weight is 381 g/mol. The van der Waals surface area contributed by atoms with Crippen LogP contribution in [0, 0.1) is 0 Å². The van der Waals surface area contributed by atoms with Gasteiger partial charge in [0.2, 0.25) is 0 Å². The molecule has 6 nitrogen and oxygen atoms in total. The Labute approximate surface area is 155 Å². The molecule has 132 valence electrons. The lowest BCUT2D eigenvalue weighted by molar-refractivity contribution is -0.127. The lowest BCUT2D eigenvalue weighted by atomic mass is 10.1. The zero-order valence-corrected chi connectivity index (χ0v) is 15.4. The van der Waals surface area contributed by atoms with E-state index in [-0.39, 0.29) is 18.5 Å². The number of nitrogens with one attached hydrogen (secondary N) is 1. The first kappa shape index (κ1) is 17.8. The van der Waals surface area contributed by atoms with E-state index in [0.29, 0.717) is 22.2 Å². The summed E-state index contributed by atoms with van der Waals surface area (Å²) < 4.78 is 1.79. The van der Waals surface area contributed by atoms with Crippen molar-refractivity contribution >= 4 is 35.1 Å². The first-order chi connectivity index (χ1) is 11.8. The van der Waals surface area contributed by atoms with E-state index in [0.717, 1.165) is 5.56 Å². The van der Waals surface area contributed by atoms with E-state index in [2.05, 4.69) is 10.4 Å². The molecule has 1 aliphatic rings. The molecule has 0 saturated carbocycles. The quantitative estimate of drug-likeness (QED) is 0.807. The van der Waals surface area contributed by atoms with Gasteiger partial charge in [0.1, 0.15) is 6.04 Å². The smallest absolute Gasteiger partial charge is 0.325 e. The number of benzene rings is 1. The number of carbonyl (C=O) groups is 2. The largest absolute Gasteiger partial charge is 0.325 e. The molecule has 3 amide bonds. The van der Waals surface area contributed by atoms with E-state index in [1.165, 1.54) is 4.90 Å². The van der Waals surface area contributed by atoms with E-state index >= 15 is 0 Å². The number of amides is 3. The number of carbonyl (C=O) groups excluding carboxylic acids is 2. The fraction of sp³-hybridized carbons (Fsp3) is 0.353. The van der Waals surface area contributed by atoms with E-state index in [1.54, 1.807) is 22.9 Å². The van der Waals surface area contributed by atoms with Gasteiger partial charge < -0.3 is 5.32 Å². The summed E-state index contributed by atoms with van der Waals surface area (Å²) in [5.74, 6) is -0.278. The number of hydrogen-bond acceptors (Lipinski definition) is 3. The lowest BCUT2D eigenvalue weighted by Gasteiger charge is -2.12. The number of rotatable bonds is 5. The van der Waals surface area contributed by atoms with Crippen molar-refractivity contribution in [2.45, 2.75) is 38.9 Å². The van der Waals surface area contributed by atoms with Gasteiger partial charge in [-0.05, 0) is 43.7 Å². The SMILES string of the molecule is CC(C)n1ccc(CN2C(=O)N[C@@H](Cc3cc(Cl)cc(Cl)c3)C2=O)n1. The summed E-state index contributed by atoms with van der Waals surface area (Å²) in [6, 6.07) is 6.08. The Morgan fingerprint density at radius 1 is 1.20 bits per heavy atom. The van der Waals surface area contributed by atoms with E-state index in [1.807, 2.05) is 26.1 Å². The maximum Gasteiger partial charge on any atom is 0.325 e. The van der Waals surface area contributed by atoms with Crippen LogP contribution in [0.5, 0.6) is 0 Å². The second-order valence-electron chi connectivity index (χ2n) is 6.29. The number of nitrogens with zero attached hydrogens (tertiary/aromatic N) is 3. The third kappa shape index (κ3) is 3.96. The van der Waals surface area contributed by atoms with Gasteiger partial charge >= 0.3 is 6.03 Å². The summed E-state index contributed by atoms with van der Waals surface area (Å²) >= 11 is 12.0. The molecule has 1 saturated heterocycles. The molecule has 0 radical (unpaired) electrons. The third-order valence-electron chi connectivity index (χ3n) is 3.98. The van der Waals surface area contributed by atoms with E-state index in [4.69, 9.17) is 23.2 Å². The number of halogens is 2. The summed E-state index contributed by atoms with van der Waals surface area (Å²) in [4.78, 5) is 25.9. The number of urea groups is 1. The highest BCUT2D eigenvalue weighted by Crippen LogP contribution is 2.22. The molecule has 8 heteroatoms. The monoisotopic (exact) mass is 380 g/mol. The van der Waals surface area contributed by atoms with Gasteiger partial charge in [-0.15, -0.1) is 0 Å². The Morgan fingerprint density at radius 2 is 1.88 bits per heavy atom. The molecular weight excluding hydrogens is 363 g/mol. The van der Waals surface area contributed by atoms with Crippen LogP contribution in [-0.4, -0.2) is 32.7 Å². The highest BCUT2D eigenvalue weighted by molar-refractivity contribution is 6.34. The summed E-state index contributed by atoms with van der Waals surface area (Å²) in [5, 5.41) is 8.08. The highest BCUT2D eigenvalue weighted by atomic mass is 35.5. The van der Waals surface area contributed by atoms with Crippen molar-refractivity contribution in [3.63, 3.8) is 0 Å². The maximum absolute atomic E-state index is 12.6. The molecule has 0 unspecified atom stereocenters. The Kier molecular flexibility index (Phi) is 5.01. The van der Waals surface area contributed by atoms with Crippen LogP contribution in [0.2, 0.25) is 10.0 Å². The average Bonchev–Trinajstić information content (AvgIpc) is 3.07. The van der Waals surface area contributed by atoms with Crippen LogP contribution >= 0.6 is 23.2 Å². The van der Waals surface area contributed by atoms with Crippen molar-refractivity contribution < 1.29 is 9.59 Å². The molecular formula is C17H18Cl2N4O2. The number of imide groups is 1. The van der Waals surface area contributed by atoms with Crippen molar-refractivity contribution in [2.24, 2.45) is 0 Å². The third-order valence-corrected chi connectivity index (χ3v) is 4.42. The van der Waals surface area contributed by atoms with E-state index < -0.39 is 12.1 Å². The second-order valence-corrected chi connectivity index (χ2v) is 7.16. The van der Waals surface area contributed by atoms with Gasteiger partial charge in [-0.3, -0.25) is 14.4 Å². The summed E-state index contributed by atoms with van der Waals surface area (Å²) in [6.45, 7) is 4.17. The zero-order valence-electron chi connectivity index (χ0n) is 13.9. The molecule has 0 bridgehead atoms. The van der Waals surface area contributed by atoms with Crippen molar-refractivity contribution in [1.82, 2.24) is 20.0 Å². The van der Waals surface area contributed by atoms with Gasteiger partial charge in [-0.1, -0.05) is 23.2 Å². The van der Waals surface area contributed by atoms with E-state index in [9.17, 15) is 9.59 Å². The molecule has 0 spiro atoms. The second kappa shape index (κ2) is 7.06. The van der Waals surface area contributed by atoms with Gasteiger partial charge in [-0.25, -0.2) is 4.79 Å². The summed E-state index contributed by atoms with van der Waals surface area (Å²) in [7, 11) is 0. The Balaban J connectivity index is 1.71. The summed E-state index contributed by atoms with van der Waals surface area (Å²) in [6.07, 6.45) is 2.17. The van der Waals surface area contributed by atoms with Gasteiger partial charge in [0.15, 0.2) is 0 Å². The highest BCUT2D eigenvalue weighted by Gasteiger charge is 2.38. The number of hydrogen-bond donors (Lipinski definition) is 1. The predicted octanol–water partition coefficient (Wildman–Crippen LogP) is 3.43. The fourth-order valence-electron chi connectivity index (χ4n) is 2.74. The summed E-state index contributed by atoms with van der Waals surface area (Å²) in [5.41, 5.74) is 1.46. The Bertz CT molecular complexity index is 798. The van der Waals surface area contributed by atoms with Crippen LogP contribution in [0.3, 0.4) is 0 Å².